The van der Waals surface area contributed by atoms with Crippen molar-refractivity contribution in [2.75, 3.05) is 13.7 Å². The minimum atomic E-state index is -0.227. The van der Waals surface area contributed by atoms with E-state index in [1.54, 1.807) is 0 Å². The topological polar surface area (TPSA) is 50.1 Å². The summed E-state index contributed by atoms with van der Waals surface area (Å²) < 4.78 is 2.19. The Balaban J connectivity index is 2.75. The van der Waals surface area contributed by atoms with Crippen LogP contribution < -0.4 is 5.32 Å². The van der Waals surface area contributed by atoms with Crippen LogP contribution >= 0.6 is 0 Å². The monoisotopic (exact) mass is 225 g/mol. The fraction of sp³-hybridized carbons (Fsp3) is 0.750. The first-order chi connectivity index (χ1) is 7.56. The van der Waals surface area contributed by atoms with Gasteiger partial charge >= 0.3 is 0 Å². The molecule has 1 rings (SSSR count). The zero-order valence-corrected chi connectivity index (χ0v) is 10.7. The molecule has 4 nitrogen and oxygen atoms in total. The number of likely N-dealkylation sites (N-methyl/N-ethyl adjacent to an activating group) is 1. The van der Waals surface area contributed by atoms with Crippen LogP contribution in [-0.2, 0) is 6.42 Å². The third-order valence-corrected chi connectivity index (χ3v) is 3.24. The van der Waals surface area contributed by atoms with E-state index in [4.69, 9.17) is 0 Å². The Hall–Kier alpha value is -0.870. The summed E-state index contributed by atoms with van der Waals surface area (Å²) in [6, 6.07) is 0.335. The highest BCUT2D eigenvalue weighted by Gasteiger charge is 2.24. The number of rotatable bonds is 6. The van der Waals surface area contributed by atoms with Gasteiger partial charge in [0.1, 0.15) is 5.82 Å². The lowest BCUT2D eigenvalue weighted by Gasteiger charge is -2.31. The van der Waals surface area contributed by atoms with Gasteiger partial charge < -0.3 is 15.0 Å². The van der Waals surface area contributed by atoms with Gasteiger partial charge in [-0.05, 0) is 27.3 Å². The second-order valence-electron chi connectivity index (χ2n) is 4.63. The van der Waals surface area contributed by atoms with E-state index in [0.29, 0.717) is 6.04 Å². The Kier molecular flexibility index (Phi) is 4.50. The Morgan fingerprint density at radius 3 is 2.81 bits per heavy atom. The molecule has 2 unspecified atom stereocenters. The Bertz CT molecular complexity index is 318. The Morgan fingerprint density at radius 2 is 2.31 bits per heavy atom. The van der Waals surface area contributed by atoms with Crippen LogP contribution in [0.5, 0.6) is 0 Å². The van der Waals surface area contributed by atoms with Crippen LogP contribution in [0.25, 0.3) is 0 Å². The number of aromatic nitrogens is 2. The molecule has 0 bridgehead atoms. The predicted octanol–water partition coefficient (Wildman–Crippen LogP) is 1.37. The van der Waals surface area contributed by atoms with Crippen LogP contribution in [0.15, 0.2) is 12.4 Å². The van der Waals surface area contributed by atoms with Crippen molar-refractivity contribution in [3.05, 3.63) is 18.2 Å². The highest BCUT2D eigenvalue weighted by Crippen LogP contribution is 2.21. The molecule has 0 saturated carbocycles. The molecule has 2 atom stereocenters. The predicted molar refractivity (Wildman–Crippen MR) is 65.5 cm³/mol. The summed E-state index contributed by atoms with van der Waals surface area (Å²) in [5, 5.41) is 12.5. The van der Waals surface area contributed by atoms with Gasteiger partial charge in [-0.2, -0.15) is 0 Å². The average Bonchev–Trinajstić information content (AvgIpc) is 2.76. The quantitative estimate of drug-likeness (QED) is 0.768. The largest absolute Gasteiger partial charge is 0.394 e. The fourth-order valence-corrected chi connectivity index (χ4v) is 2.02. The molecule has 2 N–H and O–H groups in total. The molecular formula is C12H23N3O. The van der Waals surface area contributed by atoms with Gasteiger partial charge in [0.2, 0.25) is 0 Å². The summed E-state index contributed by atoms with van der Waals surface area (Å²) in [4.78, 5) is 4.32. The van der Waals surface area contributed by atoms with Crippen LogP contribution in [0.2, 0.25) is 0 Å². The van der Waals surface area contributed by atoms with Crippen LogP contribution in [0.3, 0.4) is 0 Å². The molecule has 1 aromatic rings. The number of hydrogen-bond donors (Lipinski definition) is 2. The van der Waals surface area contributed by atoms with Crippen LogP contribution in [0.1, 0.15) is 39.1 Å². The number of hydrogen-bond acceptors (Lipinski definition) is 3. The zero-order valence-electron chi connectivity index (χ0n) is 10.7. The first-order valence-electron chi connectivity index (χ1n) is 5.87. The molecule has 0 aliphatic heterocycles. The summed E-state index contributed by atoms with van der Waals surface area (Å²) in [7, 11) is 1.89. The molecule has 1 heterocycles. The second kappa shape index (κ2) is 5.46. The van der Waals surface area contributed by atoms with Crippen molar-refractivity contribution in [3.8, 4) is 0 Å². The molecule has 0 spiro atoms. The summed E-state index contributed by atoms with van der Waals surface area (Å²) in [5.41, 5.74) is -0.227. The van der Waals surface area contributed by atoms with Gasteiger partial charge in [-0.3, -0.25) is 0 Å². The maximum absolute atomic E-state index is 9.37. The highest BCUT2D eigenvalue weighted by atomic mass is 16.3. The summed E-state index contributed by atoms with van der Waals surface area (Å²) in [6.07, 6.45) is 5.66. The minimum Gasteiger partial charge on any atom is -0.394 e. The zero-order chi connectivity index (χ0) is 12.2. The molecule has 0 amide bonds. The summed E-state index contributed by atoms with van der Waals surface area (Å²) in [6.45, 7) is 6.44. The Morgan fingerprint density at radius 1 is 1.62 bits per heavy atom. The fourth-order valence-electron chi connectivity index (χ4n) is 2.02. The van der Waals surface area contributed by atoms with E-state index in [2.05, 4.69) is 28.7 Å². The van der Waals surface area contributed by atoms with Gasteiger partial charge in [-0.25, -0.2) is 4.98 Å². The molecule has 16 heavy (non-hydrogen) atoms. The van der Waals surface area contributed by atoms with Gasteiger partial charge in [0.25, 0.3) is 0 Å². The lowest BCUT2D eigenvalue weighted by Crippen LogP contribution is -2.45. The Labute approximate surface area is 97.7 Å². The van der Waals surface area contributed by atoms with E-state index in [9.17, 15) is 5.11 Å². The minimum absolute atomic E-state index is 0.143. The van der Waals surface area contributed by atoms with Crippen molar-refractivity contribution in [3.63, 3.8) is 0 Å². The third kappa shape index (κ3) is 2.83. The summed E-state index contributed by atoms with van der Waals surface area (Å²) >= 11 is 0. The van der Waals surface area contributed by atoms with Gasteiger partial charge in [-0.1, -0.05) is 6.92 Å². The lowest BCUT2D eigenvalue weighted by molar-refractivity contribution is 0.158. The summed E-state index contributed by atoms with van der Waals surface area (Å²) in [5.74, 6) is 1.10. The van der Waals surface area contributed by atoms with Crippen molar-refractivity contribution in [1.29, 1.82) is 0 Å². The molecule has 1 aromatic heterocycles. The smallest absolute Gasteiger partial charge is 0.108 e. The number of aliphatic hydroxyl groups excluding tert-OH is 1. The van der Waals surface area contributed by atoms with Crippen molar-refractivity contribution >= 4 is 0 Å². The normalized spacial score (nSPS) is 17.1. The number of nitrogens with zero attached hydrogens (tertiary/aromatic N) is 2. The maximum Gasteiger partial charge on any atom is 0.108 e. The van der Waals surface area contributed by atoms with Crippen molar-refractivity contribution in [1.82, 2.24) is 14.9 Å². The molecule has 92 valence electrons. The van der Waals surface area contributed by atoms with Crippen molar-refractivity contribution in [2.24, 2.45) is 0 Å². The second-order valence-corrected chi connectivity index (χ2v) is 4.63. The maximum atomic E-state index is 9.37. The molecule has 4 heteroatoms. The molecule has 0 fully saturated rings. The molecule has 0 aliphatic rings. The SMILES string of the molecule is CCc1nccn1C(C)CC(C)(CO)NC. The first kappa shape index (κ1) is 13.2. The third-order valence-electron chi connectivity index (χ3n) is 3.24. The van der Waals surface area contributed by atoms with Gasteiger partial charge in [0, 0.05) is 30.4 Å². The first-order valence-corrected chi connectivity index (χ1v) is 5.87. The average molecular weight is 225 g/mol. The molecule has 0 saturated heterocycles. The van der Waals surface area contributed by atoms with Crippen LogP contribution in [0, 0.1) is 0 Å². The number of nitrogens with one attached hydrogen (secondary N) is 1. The lowest BCUT2D eigenvalue weighted by atomic mass is 9.94. The molecule has 0 aliphatic carbocycles. The van der Waals surface area contributed by atoms with Crippen LogP contribution in [-0.4, -0.2) is 33.9 Å². The van der Waals surface area contributed by atoms with Crippen molar-refractivity contribution in [2.45, 2.75) is 45.2 Å². The van der Waals surface area contributed by atoms with E-state index < -0.39 is 0 Å². The van der Waals surface area contributed by atoms with Crippen LogP contribution in [0.4, 0.5) is 0 Å². The van der Waals surface area contributed by atoms with E-state index in [1.807, 2.05) is 26.4 Å². The van der Waals surface area contributed by atoms with Gasteiger partial charge in [0.15, 0.2) is 0 Å². The number of imidazole rings is 1. The molecule has 0 aromatic carbocycles. The van der Waals surface area contributed by atoms with E-state index in [1.165, 1.54) is 0 Å². The highest BCUT2D eigenvalue weighted by molar-refractivity contribution is 4.96. The molecule has 0 radical (unpaired) electrons. The molecular weight excluding hydrogens is 202 g/mol. The van der Waals surface area contributed by atoms with E-state index >= 15 is 0 Å². The standard InChI is InChI=1S/C12H23N3O/c1-5-11-14-6-7-15(11)10(2)8-12(3,9-16)13-4/h6-7,10,13,16H,5,8-9H2,1-4H3. The number of aliphatic hydroxyl groups is 1. The van der Waals surface area contributed by atoms with Gasteiger partial charge in [0.05, 0.1) is 6.61 Å². The van der Waals surface area contributed by atoms with Crippen molar-refractivity contribution < 1.29 is 5.11 Å². The van der Waals surface area contributed by atoms with Gasteiger partial charge in [-0.15, -0.1) is 0 Å². The van der Waals surface area contributed by atoms with E-state index in [0.717, 1.165) is 18.7 Å². The van der Waals surface area contributed by atoms with E-state index in [-0.39, 0.29) is 12.1 Å². The number of aryl methyl sites for hydroxylation is 1.